The molecule has 0 atom stereocenters. The lowest BCUT2D eigenvalue weighted by Gasteiger charge is -2.27. The van der Waals surface area contributed by atoms with E-state index in [9.17, 15) is 0 Å². The standard InChI is InChI=1S/C15H26N2/c1-3-10-17-11-4-5-15(17)12-16-14-8-6-13(2)7-9-14/h4-5,11,13-14,16H,3,6-10,12H2,1-2H3. The largest absolute Gasteiger partial charge is 0.350 e. The van der Waals surface area contributed by atoms with Crippen LogP contribution in [0.1, 0.15) is 51.6 Å². The molecule has 1 aromatic heterocycles. The number of rotatable bonds is 5. The Balaban J connectivity index is 1.79. The molecule has 0 aliphatic heterocycles. The summed E-state index contributed by atoms with van der Waals surface area (Å²) >= 11 is 0. The van der Waals surface area contributed by atoms with Gasteiger partial charge in [0.05, 0.1) is 0 Å². The first kappa shape index (κ1) is 12.7. The van der Waals surface area contributed by atoms with Gasteiger partial charge >= 0.3 is 0 Å². The minimum atomic E-state index is 0.746. The van der Waals surface area contributed by atoms with Crippen LogP contribution >= 0.6 is 0 Å². The van der Waals surface area contributed by atoms with Crippen LogP contribution in [0.3, 0.4) is 0 Å². The highest BCUT2D eigenvalue weighted by molar-refractivity contribution is 5.07. The number of aryl methyl sites for hydroxylation is 1. The second-order valence-electron chi connectivity index (χ2n) is 5.53. The van der Waals surface area contributed by atoms with E-state index in [-0.39, 0.29) is 0 Å². The Bertz CT molecular complexity index is 321. The smallest absolute Gasteiger partial charge is 0.0361 e. The van der Waals surface area contributed by atoms with Crippen molar-refractivity contribution >= 4 is 0 Å². The molecule has 1 aliphatic rings. The number of hydrogen-bond acceptors (Lipinski definition) is 1. The summed E-state index contributed by atoms with van der Waals surface area (Å²) in [5.74, 6) is 0.942. The van der Waals surface area contributed by atoms with Crippen molar-refractivity contribution in [1.29, 1.82) is 0 Å². The summed E-state index contributed by atoms with van der Waals surface area (Å²) in [7, 11) is 0. The third-order valence-corrected chi connectivity index (χ3v) is 3.98. The van der Waals surface area contributed by atoms with Crippen molar-refractivity contribution in [2.45, 2.75) is 65.1 Å². The zero-order valence-corrected chi connectivity index (χ0v) is 11.3. The topological polar surface area (TPSA) is 17.0 Å². The van der Waals surface area contributed by atoms with Gasteiger partial charge in [-0.3, -0.25) is 0 Å². The molecule has 2 rings (SSSR count). The highest BCUT2D eigenvalue weighted by Gasteiger charge is 2.17. The Labute approximate surface area is 105 Å². The average molecular weight is 234 g/mol. The summed E-state index contributed by atoms with van der Waals surface area (Å²) in [6.45, 7) is 6.79. The van der Waals surface area contributed by atoms with Crippen molar-refractivity contribution in [3.05, 3.63) is 24.0 Å². The molecule has 0 spiro atoms. The van der Waals surface area contributed by atoms with E-state index in [1.165, 1.54) is 37.8 Å². The quantitative estimate of drug-likeness (QED) is 0.824. The number of aromatic nitrogens is 1. The van der Waals surface area contributed by atoms with Crippen LogP contribution in [0, 0.1) is 5.92 Å². The van der Waals surface area contributed by atoms with Crippen molar-refractivity contribution in [1.82, 2.24) is 9.88 Å². The predicted octanol–water partition coefficient (Wildman–Crippen LogP) is 3.57. The number of hydrogen-bond donors (Lipinski definition) is 1. The molecule has 1 N–H and O–H groups in total. The summed E-state index contributed by atoms with van der Waals surface area (Å²) in [4.78, 5) is 0. The van der Waals surface area contributed by atoms with E-state index in [0.29, 0.717) is 0 Å². The van der Waals surface area contributed by atoms with Gasteiger partial charge < -0.3 is 9.88 Å². The van der Waals surface area contributed by atoms with E-state index in [2.05, 4.69) is 42.1 Å². The Morgan fingerprint density at radius 1 is 1.29 bits per heavy atom. The SMILES string of the molecule is CCCn1cccc1CNC1CCC(C)CC1. The highest BCUT2D eigenvalue weighted by atomic mass is 15.0. The molecule has 1 heterocycles. The second-order valence-corrected chi connectivity index (χ2v) is 5.53. The van der Waals surface area contributed by atoms with E-state index >= 15 is 0 Å². The first-order valence-corrected chi connectivity index (χ1v) is 7.17. The van der Waals surface area contributed by atoms with E-state index < -0.39 is 0 Å². The van der Waals surface area contributed by atoms with Gasteiger partial charge in [0.1, 0.15) is 0 Å². The third-order valence-electron chi connectivity index (χ3n) is 3.98. The van der Waals surface area contributed by atoms with Gasteiger partial charge in [0.25, 0.3) is 0 Å². The predicted molar refractivity (Wildman–Crippen MR) is 73.0 cm³/mol. The van der Waals surface area contributed by atoms with Gasteiger partial charge in [-0.05, 0) is 50.2 Å². The second kappa shape index (κ2) is 6.25. The van der Waals surface area contributed by atoms with Crippen LogP contribution in [0.4, 0.5) is 0 Å². The van der Waals surface area contributed by atoms with Crippen LogP contribution < -0.4 is 5.32 Å². The minimum absolute atomic E-state index is 0.746. The Kier molecular flexibility index (Phi) is 4.66. The fraction of sp³-hybridized carbons (Fsp3) is 0.733. The number of nitrogens with one attached hydrogen (secondary N) is 1. The maximum atomic E-state index is 3.72. The summed E-state index contributed by atoms with van der Waals surface area (Å²) in [6, 6.07) is 5.15. The lowest BCUT2D eigenvalue weighted by atomic mass is 9.87. The van der Waals surface area contributed by atoms with Gasteiger partial charge in [-0.2, -0.15) is 0 Å². The van der Waals surface area contributed by atoms with E-state index in [1.807, 2.05) is 0 Å². The summed E-state index contributed by atoms with van der Waals surface area (Å²) < 4.78 is 2.37. The van der Waals surface area contributed by atoms with Crippen molar-refractivity contribution in [2.75, 3.05) is 0 Å². The van der Waals surface area contributed by atoms with Gasteiger partial charge in [0.15, 0.2) is 0 Å². The van der Waals surface area contributed by atoms with Crippen LogP contribution in [0.25, 0.3) is 0 Å². The monoisotopic (exact) mass is 234 g/mol. The fourth-order valence-electron chi connectivity index (χ4n) is 2.78. The Morgan fingerprint density at radius 2 is 2.06 bits per heavy atom. The average Bonchev–Trinajstić information content (AvgIpc) is 2.77. The Hall–Kier alpha value is -0.760. The van der Waals surface area contributed by atoms with Crippen molar-refractivity contribution in [2.24, 2.45) is 5.92 Å². The van der Waals surface area contributed by atoms with Gasteiger partial charge in [-0.25, -0.2) is 0 Å². The maximum absolute atomic E-state index is 3.72. The fourth-order valence-corrected chi connectivity index (χ4v) is 2.78. The van der Waals surface area contributed by atoms with Crippen LogP contribution in [0.5, 0.6) is 0 Å². The molecular weight excluding hydrogens is 208 g/mol. The molecule has 96 valence electrons. The van der Waals surface area contributed by atoms with Crippen LogP contribution in [0.2, 0.25) is 0 Å². The Morgan fingerprint density at radius 3 is 2.76 bits per heavy atom. The zero-order chi connectivity index (χ0) is 12.1. The summed E-state index contributed by atoms with van der Waals surface area (Å²) in [5.41, 5.74) is 1.44. The molecule has 1 saturated carbocycles. The molecule has 17 heavy (non-hydrogen) atoms. The number of nitrogens with zero attached hydrogens (tertiary/aromatic N) is 1. The zero-order valence-electron chi connectivity index (χ0n) is 11.3. The molecule has 1 aliphatic carbocycles. The highest BCUT2D eigenvalue weighted by Crippen LogP contribution is 2.23. The molecule has 0 radical (unpaired) electrons. The van der Waals surface area contributed by atoms with Gasteiger partial charge in [-0.15, -0.1) is 0 Å². The van der Waals surface area contributed by atoms with Crippen molar-refractivity contribution in [3.63, 3.8) is 0 Å². The van der Waals surface area contributed by atoms with Crippen molar-refractivity contribution < 1.29 is 0 Å². The minimum Gasteiger partial charge on any atom is -0.350 e. The summed E-state index contributed by atoms with van der Waals surface area (Å²) in [5, 5.41) is 3.72. The van der Waals surface area contributed by atoms with Crippen molar-refractivity contribution in [3.8, 4) is 0 Å². The molecular formula is C15H26N2. The molecule has 0 bridgehead atoms. The van der Waals surface area contributed by atoms with Crippen LogP contribution in [0.15, 0.2) is 18.3 Å². The van der Waals surface area contributed by atoms with E-state index in [0.717, 1.165) is 25.0 Å². The first-order valence-electron chi connectivity index (χ1n) is 7.17. The van der Waals surface area contributed by atoms with E-state index in [1.54, 1.807) is 0 Å². The molecule has 0 unspecified atom stereocenters. The van der Waals surface area contributed by atoms with Gasteiger partial charge in [0.2, 0.25) is 0 Å². The lowest BCUT2D eigenvalue weighted by Crippen LogP contribution is -2.32. The molecule has 1 fully saturated rings. The maximum Gasteiger partial charge on any atom is 0.0361 e. The van der Waals surface area contributed by atoms with Gasteiger partial charge in [0, 0.05) is 31.0 Å². The van der Waals surface area contributed by atoms with Crippen LogP contribution in [-0.2, 0) is 13.1 Å². The molecule has 0 amide bonds. The molecule has 0 aromatic carbocycles. The first-order chi connectivity index (χ1) is 8.29. The van der Waals surface area contributed by atoms with E-state index in [4.69, 9.17) is 0 Å². The molecule has 1 aromatic rings. The molecule has 0 saturated heterocycles. The molecule has 2 nitrogen and oxygen atoms in total. The normalized spacial score (nSPS) is 25.1. The van der Waals surface area contributed by atoms with Crippen LogP contribution in [-0.4, -0.2) is 10.6 Å². The van der Waals surface area contributed by atoms with Gasteiger partial charge in [-0.1, -0.05) is 13.8 Å². The summed E-state index contributed by atoms with van der Waals surface area (Å²) in [6.07, 6.45) is 8.92. The molecule has 2 heteroatoms. The third kappa shape index (κ3) is 3.60. The lowest BCUT2D eigenvalue weighted by molar-refractivity contribution is 0.305.